The minimum Gasteiger partial charge on any atom is -0.386 e. The van der Waals surface area contributed by atoms with E-state index in [1.807, 2.05) is 0 Å². The van der Waals surface area contributed by atoms with Crippen molar-refractivity contribution in [3.05, 3.63) is 53.2 Å². The summed E-state index contributed by atoms with van der Waals surface area (Å²) in [5.74, 6) is -0.979. The van der Waals surface area contributed by atoms with Crippen molar-refractivity contribution in [2.24, 2.45) is 0 Å². The van der Waals surface area contributed by atoms with E-state index < -0.39 is 17.2 Å². The van der Waals surface area contributed by atoms with Crippen molar-refractivity contribution in [2.75, 3.05) is 13.7 Å². The van der Waals surface area contributed by atoms with Crippen LogP contribution in [0.1, 0.15) is 31.5 Å². The molecule has 124 valence electrons. The SMILES string of the molecule is COCCCc1cc(C(C)(C)O)c(F)c(-c2ccc(F)cc2)n1. The van der Waals surface area contributed by atoms with Gasteiger partial charge in [-0.05, 0) is 57.0 Å². The van der Waals surface area contributed by atoms with Gasteiger partial charge >= 0.3 is 0 Å². The fourth-order valence-electron chi connectivity index (χ4n) is 2.35. The van der Waals surface area contributed by atoms with E-state index in [2.05, 4.69) is 4.98 Å². The third-order valence-electron chi connectivity index (χ3n) is 3.57. The zero-order valence-electron chi connectivity index (χ0n) is 13.6. The molecule has 2 rings (SSSR count). The molecule has 1 aromatic carbocycles. The molecule has 0 aliphatic heterocycles. The minimum atomic E-state index is -1.34. The van der Waals surface area contributed by atoms with Gasteiger partial charge in [0.05, 0.1) is 5.60 Å². The van der Waals surface area contributed by atoms with Gasteiger partial charge in [0.15, 0.2) is 5.82 Å². The van der Waals surface area contributed by atoms with Crippen molar-refractivity contribution in [1.29, 1.82) is 0 Å². The molecule has 0 unspecified atom stereocenters. The average molecular weight is 321 g/mol. The van der Waals surface area contributed by atoms with Crippen LogP contribution >= 0.6 is 0 Å². The summed E-state index contributed by atoms with van der Waals surface area (Å²) in [5.41, 5.74) is 0.108. The van der Waals surface area contributed by atoms with E-state index in [-0.39, 0.29) is 11.3 Å². The predicted octanol–water partition coefficient (Wildman–Crippen LogP) is 3.83. The fourth-order valence-corrected chi connectivity index (χ4v) is 2.35. The molecule has 0 saturated carbocycles. The Morgan fingerprint density at radius 1 is 1.17 bits per heavy atom. The molecule has 0 amide bonds. The van der Waals surface area contributed by atoms with Gasteiger partial charge in [-0.2, -0.15) is 0 Å². The van der Waals surface area contributed by atoms with Crippen LogP contribution in [0.15, 0.2) is 30.3 Å². The summed E-state index contributed by atoms with van der Waals surface area (Å²) in [6, 6.07) is 7.06. The van der Waals surface area contributed by atoms with E-state index in [0.717, 1.165) is 6.42 Å². The number of benzene rings is 1. The Kier molecular flexibility index (Phi) is 5.44. The molecule has 1 N–H and O–H groups in total. The molecule has 1 heterocycles. The maximum absolute atomic E-state index is 14.8. The molecule has 0 fully saturated rings. The highest BCUT2D eigenvalue weighted by Crippen LogP contribution is 2.30. The third kappa shape index (κ3) is 4.33. The van der Waals surface area contributed by atoms with Crippen LogP contribution in [0.25, 0.3) is 11.3 Å². The highest BCUT2D eigenvalue weighted by molar-refractivity contribution is 5.61. The highest BCUT2D eigenvalue weighted by atomic mass is 19.1. The van der Waals surface area contributed by atoms with Crippen LogP contribution in [0, 0.1) is 11.6 Å². The Morgan fingerprint density at radius 3 is 2.39 bits per heavy atom. The van der Waals surface area contributed by atoms with Crippen molar-refractivity contribution in [2.45, 2.75) is 32.3 Å². The number of ether oxygens (including phenoxy) is 1. The molecule has 0 atom stereocenters. The smallest absolute Gasteiger partial charge is 0.155 e. The van der Waals surface area contributed by atoms with Crippen LogP contribution in [0.5, 0.6) is 0 Å². The summed E-state index contributed by atoms with van der Waals surface area (Å²) in [7, 11) is 1.62. The summed E-state index contributed by atoms with van der Waals surface area (Å²) in [6.45, 7) is 3.63. The van der Waals surface area contributed by atoms with Gasteiger partial charge < -0.3 is 9.84 Å². The first-order valence-electron chi connectivity index (χ1n) is 7.50. The van der Waals surface area contributed by atoms with Crippen molar-refractivity contribution >= 4 is 0 Å². The maximum Gasteiger partial charge on any atom is 0.155 e. The Labute approximate surface area is 135 Å². The van der Waals surface area contributed by atoms with E-state index in [4.69, 9.17) is 4.74 Å². The van der Waals surface area contributed by atoms with E-state index >= 15 is 0 Å². The third-order valence-corrected chi connectivity index (χ3v) is 3.57. The number of pyridine rings is 1. The van der Waals surface area contributed by atoms with Gasteiger partial charge in [0.1, 0.15) is 11.5 Å². The number of hydrogen-bond acceptors (Lipinski definition) is 3. The topological polar surface area (TPSA) is 42.4 Å². The van der Waals surface area contributed by atoms with Crippen LogP contribution < -0.4 is 0 Å². The molecule has 23 heavy (non-hydrogen) atoms. The molecule has 0 aliphatic rings. The number of hydrogen-bond donors (Lipinski definition) is 1. The average Bonchev–Trinajstić information content (AvgIpc) is 2.49. The molecule has 0 bridgehead atoms. The number of methoxy groups -OCH3 is 1. The summed E-state index contributed by atoms with van der Waals surface area (Å²) in [4.78, 5) is 4.35. The molecule has 0 aliphatic carbocycles. The molecule has 3 nitrogen and oxygen atoms in total. The van der Waals surface area contributed by atoms with Crippen molar-refractivity contribution in [3.63, 3.8) is 0 Å². The van der Waals surface area contributed by atoms with Crippen LogP contribution in [0.3, 0.4) is 0 Å². The Bertz CT molecular complexity index is 664. The number of aromatic nitrogens is 1. The normalized spacial score (nSPS) is 11.7. The van der Waals surface area contributed by atoms with Crippen molar-refractivity contribution in [3.8, 4) is 11.3 Å². The quantitative estimate of drug-likeness (QED) is 0.822. The second kappa shape index (κ2) is 7.15. The minimum absolute atomic E-state index is 0.122. The van der Waals surface area contributed by atoms with E-state index in [1.54, 1.807) is 13.2 Å². The zero-order chi connectivity index (χ0) is 17.0. The Balaban J connectivity index is 2.50. The second-order valence-corrected chi connectivity index (χ2v) is 5.99. The summed E-state index contributed by atoms with van der Waals surface area (Å²) < 4.78 is 32.9. The van der Waals surface area contributed by atoms with Crippen LogP contribution in [-0.4, -0.2) is 23.8 Å². The number of halogens is 2. The van der Waals surface area contributed by atoms with Gasteiger partial charge in [-0.3, -0.25) is 0 Å². The molecular formula is C18H21F2NO2. The molecule has 0 spiro atoms. The molecule has 0 radical (unpaired) electrons. The zero-order valence-corrected chi connectivity index (χ0v) is 13.6. The first-order chi connectivity index (χ1) is 10.8. The van der Waals surface area contributed by atoms with E-state index in [9.17, 15) is 13.9 Å². The predicted molar refractivity (Wildman–Crippen MR) is 85.0 cm³/mol. The Hall–Kier alpha value is -1.85. The summed E-state index contributed by atoms with van der Waals surface area (Å²) >= 11 is 0. The molecule has 2 aromatic rings. The molecule has 5 heteroatoms. The lowest BCUT2D eigenvalue weighted by atomic mass is 9.94. The molecular weight excluding hydrogens is 300 g/mol. The van der Waals surface area contributed by atoms with Crippen molar-refractivity contribution in [1.82, 2.24) is 4.98 Å². The fraction of sp³-hybridized carbons (Fsp3) is 0.389. The van der Waals surface area contributed by atoms with Gasteiger partial charge in [-0.15, -0.1) is 0 Å². The highest BCUT2D eigenvalue weighted by Gasteiger charge is 2.25. The number of nitrogens with zero attached hydrogens (tertiary/aromatic N) is 1. The van der Waals surface area contributed by atoms with Crippen molar-refractivity contribution < 1.29 is 18.6 Å². The number of aryl methyl sites for hydroxylation is 1. The van der Waals surface area contributed by atoms with Crippen LogP contribution in [0.4, 0.5) is 8.78 Å². The lowest BCUT2D eigenvalue weighted by Gasteiger charge is -2.21. The van der Waals surface area contributed by atoms with Crippen LogP contribution in [0.2, 0.25) is 0 Å². The molecule has 1 aromatic heterocycles. The van der Waals surface area contributed by atoms with Gasteiger partial charge in [-0.25, -0.2) is 13.8 Å². The summed E-state index contributed by atoms with van der Waals surface area (Å²) in [6.07, 6.45) is 1.34. The van der Waals surface area contributed by atoms with Crippen LogP contribution in [-0.2, 0) is 16.8 Å². The lowest BCUT2D eigenvalue weighted by molar-refractivity contribution is 0.0744. The van der Waals surface area contributed by atoms with Gasteiger partial charge in [0.25, 0.3) is 0 Å². The molecule has 0 saturated heterocycles. The first-order valence-corrected chi connectivity index (χ1v) is 7.50. The Morgan fingerprint density at radius 2 is 1.83 bits per heavy atom. The summed E-state index contributed by atoms with van der Waals surface area (Å²) in [5, 5.41) is 10.2. The van der Waals surface area contributed by atoms with E-state index in [1.165, 1.54) is 38.1 Å². The lowest BCUT2D eigenvalue weighted by Crippen LogP contribution is -2.19. The largest absolute Gasteiger partial charge is 0.386 e. The second-order valence-electron chi connectivity index (χ2n) is 5.99. The van der Waals surface area contributed by atoms with Gasteiger partial charge in [0.2, 0.25) is 0 Å². The maximum atomic E-state index is 14.8. The monoisotopic (exact) mass is 321 g/mol. The van der Waals surface area contributed by atoms with E-state index in [0.29, 0.717) is 24.3 Å². The van der Waals surface area contributed by atoms with Gasteiger partial charge in [0, 0.05) is 30.5 Å². The number of rotatable bonds is 6. The van der Waals surface area contributed by atoms with Gasteiger partial charge in [-0.1, -0.05) is 0 Å². The first kappa shape index (κ1) is 17.5. The standard InChI is InChI=1S/C18H21F2NO2/c1-18(2,22)15-11-14(5-4-10-23-3)21-17(16(15)20)12-6-8-13(19)9-7-12/h6-9,11,22H,4-5,10H2,1-3H3. The number of aliphatic hydroxyl groups is 1.